The number of thioether (sulfide) groups is 1. The number of nitriles is 1. The summed E-state index contributed by atoms with van der Waals surface area (Å²) in [6.45, 7) is 6.27. The second-order valence-corrected chi connectivity index (χ2v) is 8.18. The van der Waals surface area contributed by atoms with E-state index in [9.17, 15) is 4.79 Å². The lowest BCUT2D eigenvalue weighted by atomic mass is 10.1. The first-order chi connectivity index (χ1) is 13.2. The minimum Gasteiger partial charge on any atom is -0.283 e. The van der Waals surface area contributed by atoms with Gasteiger partial charge in [-0.05, 0) is 25.3 Å². The Morgan fingerprint density at radius 2 is 2.11 bits per heavy atom. The fourth-order valence-electron chi connectivity index (χ4n) is 2.82. The van der Waals surface area contributed by atoms with Crippen molar-refractivity contribution >= 4 is 33.3 Å². The van der Waals surface area contributed by atoms with Gasteiger partial charge in [0.05, 0.1) is 11.5 Å². The lowest BCUT2D eigenvalue weighted by Gasteiger charge is -2.10. The number of rotatable bonds is 8. The fourth-order valence-corrected chi connectivity index (χ4v) is 4.82. The standard InChI is InChI=1S/C21H21N3OS2/c1-3-12-24-20(25)18-17(16-9-7-15(2)8-10-16)14-27-19(18)23-21(24)26-13-6-4-5-11-22/h3,7-10,14H,1,4-6,12-13H2,2H3. The molecule has 0 atom stereocenters. The summed E-state index contributed by atoms with van der Waals surface area (Å²) in [7, 11) is 0. The summed E-state index contributed by atoms with van der Waals surface area (Å²) in [6, 6.07) is 10.4. The molecule has 3 aromatic rings. The Labute approximate surface area is 167 Å². The Balaban J connectivity index is 2.00. The van der Waals surface area contributed by atoms with Crippen LogP contribution in [0.3, 0.4) is 0 Å². The van der Waals surface area contributed by atoms with Gasteiger partial charge < -0.3 is 0 Å². The number of hydrogen-bond acceptors (Lipinski definition) is 5. The number of thiophene rings is 1. The van der Waals surface area contributed by atoms with E-state index >= 15 is 0 Å². The lowest BCUT2D eigenvalue weighted by Crippen LogP contribution is -2.22. The van der Waals surface area contributed by atoms with E-state index in [0.717, 1.165) is 39.7 Å². The first kappa shape index (κ1) is 19.4. The van der Waals surface area contributed by atoms with Gasteiger partial charge in [-0.2, -0.15) is 5.26 Å². The zero-order valence-corrected chi connectivity index (χ0v) is 16.9. The number of aryl methyl sites for hydroxylation is 1. The highest BCUT2D eigenvalue weighted by Crippen LogP contribution is 2.32. The summed E-state index contributed by atoms with van der Waals surface area (Å²) < 4.78 is 1.70. The van der Waals surface area contributed by atoms with Crippen molar-refractivity contribution in [1.82, 2.24) is 9.55 Å². The number of unbranched alkanes of at least 4 members (excludes halogenated alkanes) is 2. The molecule has 0 radical (unpaired) electrons. The molecule has 0 bridgehead atoms. The van der Waals surface area contributed by atoms with Gasteiger partial charge in [-0.15, -0.1) is 17.9 Å². The van der Waals surface area contributed by atoms with Crippen molar-refractivity contribution in [3.8, 4) is 17.2 Å². The van der Waals surface area contributed by atoms with Crippen LogP contribution < -0.4 is 5.56 Å². The molecule has 0 saturated carbocycles. The highest BCUT2D eigenvalue weighted by atomic mass is 32.2. The smallest absolute Gasteiger partial charge is 0.263 e. The molecule has 1 aromatic carbocycles. The second-order valence-electron chi connectivity index (χ2n) is 6.26. The molecule has 0 fully saturated rings. The van der Waals surface area contributed by atoms with Crippen molar-refractivity contribution in [2.24, 2.45) is 0 Å². The van der Waals surface area contributed by atoms with Crippen LogP contribution in [0.2, 0.25) is 0 Å². The van der Waals surface area contributed by atoms with Crippen LogP contribution in [0.25, 0.3) is 21.3 Å². The third kappa shape index (κ3) is 4.32. The molecule has 27 heavy (non-hydrogen) atoms. The lowest BCUT2D eigenvalue weighted by molar-refractivity contribution is 0.672. The van der Waals surface area contributed by atoms with E-state index in [1.54, 1.807) is 22.4 Å². The van der Waals surface area contributed by atoms with E-state index in [2.05, 4.69) is 24.8 Å². The van der Waals surface area contributed by atoms with E-state index in [1.807, 2.05) is 24.4 Å². The number of nitrogens with zero attached hydrogens (tertiary/aromatic N) is 3. The molecule has 0 spiro atoms. The van der Waals surface area contributed by atoms with E-state index < -0.39 is 0 Å². The molecule has 0 aliphatic rings. The van der Waals surface area contributed by atoms with Crippen LogP contribution in [-0.2, 0) is 6.54 Å². The zero-order chi connectivity index (χ0) is 19.2. The summed E-state index contributed by atoms with van der Waals surface area (Å²) in [4.78, 5) is 18.8. The molecule has 0 aliphatic carbocycles. The molecule has 3 rings (SSSR count). The molecule has 0 unspecified atom stereocenters. The third-order valence-corrected chi connectivity index (χ3v) is 6.18. The van der Waals surface area contributed by atoms with Crippen LogP contribution in [0.1, 0.15) is 24.8 Å². The Morgan fingerprint density at radius 3 is 2.81 bits per heavy atom. The molecule has 0 saturated heterocycles. The van der Waals surface area contributed by atoms with Gasteiger partial charge in [0.25, 0.3) is 5.56 Å². The quantitative estimate of drug-likeness (QED) is 0.222. The number of fused-ring (bicyclic) bond motifs is 1. The summed E-state index contributed by atoms with van der Waals surface area (Å²) in [5.74, 6) is 0.840. The topological polar surface area (TPSA) is 58.7 Å². The molecule has 2 aromatic heterocycles. The number of hydrogen-bond donors (Lipinski definition) is 0. The summed E-state index contributed by atoms with van der Waals surface area (Å²) in [6.07, 6.45) is 4.09. The summed E-state index contributed by atoms with van der Waals surface area (Å²) >= 11 is 3.08. The first-order valence-electron chi connectivity index (χ1n) is 8.85. The summed E-state index contributed by atoms with van der Waals surface area (Å²) in [5.41, 5.74) is 3.15. The monoisotopic (exact) mass is 395 g/mol. The van der Waals surface area contributed by atoms with E-state index in [0.29, 0.717) is 18.4 Å². The largest absolute Gasteiger partial charge is 0.283 e. The Hall–Kier alpha value is -2.36. The average molecular weight is 396 g/mol. The maximum atomic E-state index is 13.2. The molecule has 2 heterocycles. The van der Waals surface area contributed by atoms with E-state index in [4.69, 9.17) is 10.2 Å². The van der Waals surface area contributed by atoms with Gasteiger partial charge in [-0.1, -0.05) is 47.7 Å². The van der Waals surface area contributed by atoms with Gasteiger partial charge in [0.1, 0.15) is 4.83 Å². The molecule has 0 aliphatic heterocycles. The molecule has 0 amide bonds. The molecule has 6 heteroatoms. The minimum absolute atomic E-state index is 0.0174. The second kappa shape index (κ2) is 9.03. The van der Waals surface area contributed by atoms with Crippen LogP contribution >= 0.6 is 23.1 Å². The predicted octanol–water partition coefficient (Wildman–Crippen LogP) is 5.41. The maximum Gasteiger partial charge on any atom is 0.263 e. The highest BCUT2D eigenvalue weighted by Gasteiger charge is 2.16. The van der Waals surface area contributed by atoms with Gasteiger partial charge in [0, 0.05) is 29.7 Å². The number of benzene rings is 1. The summed E-state index contributed by atoms with van der Waals surface area (Å²) in [5, 5.41) is 12.1. The van der Waals surface area contributed by atoms with Gasteiger partial charge >= 0.3 is 0 Å². The van der Waals surface area contributed by atoms with Crippen LogP contribution in [0, 0.1) is 18.3 Å². The Bertz CT molecular complexity index is 1040. The number of allylic oxidation sites excluding steroid dienone is 1. The van der Waals surface area contributed by atoms with Crippen molar-refractivity contribution in [3.05, 3.63) is 58.2 Å². The van der Waals surface area contributed by atoms with Crippen LogP contribution in [-0.4, -0.2) is 15.3 Å². The van der Waals surface area contributed by atoms with Gasteiger partial charge in [-0.25, -0.2) is 4.98 Å². The first-order valence-corrected chi connectivity index (χ1v) is 10.7. The van der Waals surface area contributed by atoms with Crippen molar-refractivity contribution in [2.45, 2.75) is 37.9 Å². The zero-order valence-electron chi connectivity index (χ0n) is 15.3. The van der Waals surface area contributed by atoms with Crippen molar-refractivity contribution in [3.63, 3.8) is 0 Å². The molecule has 0 N–H and O–H groups in total. The predicted molar refractivity (Wildman–Crippen MR) is 114 cm³/mol. The molecule has 4 nitrogen and oxygen atoms in total. The molecular weight excluding hydrogens is 374 g/mol. The van der Waals surface area contributed by atoms with Crippen LogP contribution in [0.4, 0.5) is 0 Å². The van der Waals surface area contributed by atoms with E-state index in [1.165, 1.54) is 16.9 Å². The van der Waals surface area contributed by atoms with Gasteiger partial charge in [-0.3, -0.25) is 9.36 Å². The Morgan fingerprint density at radius 1 is 1.33 bits per heavy atom. The normalized spacial score (nSPS) is 10.8. The SMILES string of the molecule is C=CCn1c(SCCCCC#N)nc2scc(-c3ccc(C)cc3)c2c1=O. The van der Waals surface area contributed by atoms with Crippen LogP contribution in [0.5, 0.6) is 0 Å². The third-order valence-electron chi connectivity index (χ3n) is 4.25. The molecule has 138 valence electrons. The van der Waals surface area contributed by atoms with Crippen LogP contribution in [0.15, 0.2) is 52.3 Å². The molecular formula is C21H21N3OS2. The average Bonchev–Trinajstić information content (AvgIpc) is 3.09. The maximum absolute atomic E-state index is 13.2. The van der Waals surface area contributed by atoms with Crippen molar-refractivity contribution in [1.29, 1.82) is 5.26 Å². The fraction of sp³-hybridized carbons (Fsp3) is 0.286. The van der Waals surface area contributed by atoms with Gasteiger partial charge in [0.15, 0.2) is 5.16 Å². The number of aromatic nitrogens is 2. The van der Waals surface area contributed by atoms with Crippen molar-refractivity contribution in [2.75, 3.05) is 5.75 Å². The van der Waals surface area contributed by atoms with Gasteiger partial charge in [0.2, 0.25) is 0 Å². The van der Waals surface area contributed by atoms with E-state index in [-0.39, 0.29) is 5.56 Å². The minimum atomic E-state index is -0.0174. The Kier molecular flexibility index (Phi) is 6.49. The van der Waals surface area contributed by atoms with Crippen molar-refractivity contribution < 1.29 is 0 Å². The highest BCUT2D eigenvalue weighted by molar-refractivity contribution is 7.99.